The highest BCUT2D eigenvalue weighted by atomic mass is 32.1. The normalized spacial score (nSPS) is 11.5. The molecular formula is C20H21N3O2S. The summed E-state index contributed by atoms with van der Waals surface area (Å²) >= 11 is 1.52. The van der Waals surface area contributed by atoms with Crippen molar-refractivity contribution in [3.8, 4) is 11.5 Å². The van der Waals surface area contributed by atoms with Gasteiger partial charge in [0.2, 0.25) is 0 Å². The minimum atomic E-state index is 0.00574. The molecule has 2 aromatic carbocycles. The largest absolute Gasteiger partial charge is 0.508 e. The summed E-state index contributed by atoms with van der Waals surface area (Å²) in [6, 6.07) is 12.8. The second-order valence-electron chi connectivity index (χ2n) is 5.94. The van der Waals surface area contributed by atoms with Gasteiger partial charge in [0, 0.05) is 23.4 Å². The summed E-state index contributed by atoms with van der Waals surface area (Å²) in [6.07, 6.45) is 2.11. The van der Waals surface area contributed by atoms with E-state index in [9.17, 15) is 10.2 Å². The minimum Gasteiger partial charge on any atom is -0.508 e. The number of aryl methyl sites for hydroxylation is 1. The van der Waals surface area contributed by atoms with Crippen molar-refractivity contribution in [3.05, 3.63) is 70.2 Å². The number of anilines is 1. The van der Waals surface area contributed by atoms with Crippen molar-refractivity contribution in [1.29, 1.82) is 0 Å². The Labute approximate surface area is 156 Å². The molecule has 3 rings (SSSR count). The maximum absolute atomic E-state index is 10.4. The Hall–Kier alpha value is -2.86. The fraction of sp³-hybridized carbons (Fsp3) is 0.200. The van der Waals surface area contributed by atoms with Crippen LogP contribution in [0.25, 0.3) is 0 Å². The van der Waals surface area contributed by atoms with Crippen LogP contribution in [0.2, 0.25) is 0 Å². The summed E-state index contributed by atoms with van der Waals surface area (Å²) in [5, 5.41) is 26.9. The van der Waals surface area contributed by atoms with Crippen LogP contribution >= 0.6 is 11.3 Å². The molecule has 0 amide bonds. The molecule has 0 spiro atoms. The van der Waals surface area contributed by atoms with Gasteiger partial charge in [0.05, 0.1) is 22.6 Å². The smallest absolute Gasteiger partial charge is 0.128 e. The van der Waals surface area contributed by atoms with E-state index in [2.05, 4.69) is 15.5 Å². The lowest BCUT2D eigenvalue weighted by Crippen LogP contribution is -2.10. The van der Waals surface area contributed by atoms with E-state index in [0.717, 1.165) is 29.8 Å². The van der Waals surface area contributed by atoms with E-state index in [4.69, 9.17) is 0 Å². The first-order chi connectivity index (χ1) is 12.7. The summed E-state index contributed by atoms with van der Waals surface area (Å²) in [4.78, 5) is 4.32. The molecule has 0 aliphatic heterocycles. The Bertz CT molecular complexity index is 878. The van der Waals surface area contributed by atoms with Crippen molar-refractivity contribution in [1.82, 2.24) is 4.98 Å². The average molecular weight is 367 g/mol. The van der Waals surface area contributed by atoms with E-state index < -0.39 is 0 Å². The molecule has 6 heteroatoms. The van der Waals surface area contributed by atoms with Crippen molar-refractivity contribution in [2.24, 2.45) is 5.10 Å². The molecule has 0 radical (unpaired) electrons. The molecule has 134 valence electrons. The van der Waals surface area contributed by atoms with Crippen molar-refractivity contribution in [2.45, 2.75) is 26.2 Å². The number of phenolic OH excluding ortho intramolecular Hbond substituents is 2. The topological polar surface area (TPSA) is 77.7 Å². The van der Waals surface area contributed by atoms with Gasteiger partial charge in [-0.1, -0.05) is 31.5 Å². The first-order valence-corrected chi connectivity index (χ1v) is 9.41. The molecule has 26 heavy (non-hydrogen) atoms. The van der Waals surface area contributed by atoms with Gasteiger partial charge >= 0.3 is 0 Å². The number of aromatic nitrogens is 1. The molecule has 0 saturated heterocycles. The van der Waals surface area contributed by atoms with E-state index in [-0.39, 0.29) is 11.5 Å². The molecule has 5 nitrogen and oxygen atoms in total. The van der Waals surface area contributed by atoms with Crippen LogP contribution in [-0.2, 0) is 12.8 Å². The molecule has 0 unspecified atom stereocenters. The van der Waals surface area contributed by atoms with Crippen LogP contribution in [0.4, 0.5) is 5.69 Å². The fourth-order valence-electron chi connectivity index (χ4n) is 2.66. The van der Waals surface area contributed by atoms with Gasteiger partial charge in [-0.25, -0.2) is 4.98 Å². The lowest BCUT2D eigenvalue weighted by molar-refractivity contribution is 0.445. The van der Waals surface area contributed by atoms with Crippen LogP contribution in [0.3, 0.4) is 0 Å². The van der Waals surface area contributed by atoms with Crippen molar-refractivity contribution >= 4 is 22.7 Å². The molecule has 1 heterocycles. The number of hydrazone groups is 1. The SMILES string of the molecule is CCCc1cc(/C(Cc2cscn2)=N\Nc2ccccc2)c(O)cc1O. The van der Waals surface area contributed by atoms with Gasteiger partial charge < -0.3 is 10.2 Å². The standard InChI is InChI=1S/C20H21N3O2S/c1-2-6-14-9-17(20(25)11-19(14)24)18(10-16-12-26-13-21-16)23-22-15-7-4-3-5-8-15/h3-5,7-9,11-13,22,24-25H,2,6,10H2,1H3/b23-18-. The Morgan fingerprint density at radius 3 is 2.65 bits per heavy atom. The van der Waals surface area contributed by atoms with Gasteiger partial charge in [-0.15, -0.1) is 11.3 Å². The minimum absolute atomic E-state index is 0.00574. The van der Waals surface area contributed by atoms with E-state index >= 15 is 0 Å². The van der Waals surface area contributed by atoms with E-state index in [1.165, 1.54) is 17.4 Å². The first kappa shape index (κ1) is 17.9. The molecule has 0 aliphatic carbocycles. The fourth-order valence-corrected chi connectivity index (χ4v) is 3.22. The molecule has 3 N–H and O–H groups in total. The number of rotatable bonds is 7. The second kappa shape index (κ2) is 8.49. The van der Waals surface area contributed by atoms with Crippen LogP contribution < -0.4 is 5.43 Å². The number of para-hydroxylation sites is 1. The summed E-state index contributed by atoms with van der Waals surface area (Å²) in [5.74, 6) is 0.114. The van der Waals surface area contributed by atoms with Gasteiger partial charge in [0.15, 0.2) is 0 Å². The number of nitrogens with zero attached hydrogens (tertiary/aromatic N) is 2. The highest BCUT2D eigenvalue weighted by Crippen LogP contribution is 2.29. The van der Waals surface area contributed by atoms with Gasteiger partial charge in [-0.05, 0) is 30.2 Å². The summed E-state index contributed by atoms with van der Waals surface area (Å²) in [5.41, 5.74) is 8.61. The number of phenols is 2. The lowest BCUT2D eigenvalue weighted by atomic mass is 9.99. The Balaban J connectivity index is 1.98. The van der Waals surface area contributed by atoms with Crippen LogP contribution in [0.5, 0.6) is 11.5 Å². The predicted octanol–water partition coefficient (Wildman–Crippen LogP) is 4.57. The molecule has 3 aromatic rings. The van der Waals surface area contributed by atoms with Gasteiger partial charge in [-0.2, -0.15) is 5.10 Å². The van der Waals surface area contributed by atoms with E-state index in [1.807, 2.05) is 48.7 Å². The highest BCUT2D eigenvalue weighted by Gasteiger charge is 2.15. The van der Waals surface area contributed by atoms with Crippen LogP contribution in [0.15, 0.2) is 58.5 Å². The lowest BCUT2D eigenvalue weighted by Gasteiger charge is -2.12. The number of thiazole rings is 1. The maximum Gasteiger partial charge on any atom is 0.128 e. The maximum atomic E-state index is 10.4. The Morgan fingerprint density at radius 1 is 1.15 bits per heavy atom. The summed E-state index contributed by atoms with van der Waals surface area (Å²) < 4.78 is 0. The zero-order chi connectivity index (χ0) is 18.4. The van der Waals surface area contributed by atoms with Crippen molar-refractivity contribution in [3.63, 3.8) is 0 Å². The molecule has 0 atom stereocenters. The number of hydrogen-bond acceptors (Lipinski definition) is 6. The number of benzene rings is 2. The van der Waals surface area contributed by atoms with E-state index in [1.54, 1.807) is 5.51 Å². The van der Waals surface area contributed by atoms with Gasteiger partial charge in [-0.3, -0.25) is 5.43 Å². The third-order valence-corrected chi connectivity index (χ3v) is 4.59. The Kier molecular flexibility index (Phi) is 5.86. The quantitative estimate of drug-likeness (QED) is 0.422. The highest BCUT2D eigenvalue weighted by molar-refractivity contribution is 7.07. The van der Waals surface area contributed by atoms with Crippen LogP contribution in [0.1, 0.15) is 30.2 Å². The predicted molar refractivity (Wildman–Crippen MR) is 106 cm³/mol. The molecular weight excluding hydrogens is 346 g/mol. The summed E-state index contributed by atoms with van der Waals surface area (Å²) in [6.45, 7) is 2.05. The molecule has 0 bridgehead atoms. The molecule has 1 aromatic heterocycles. The molecule has 0 saturated carbocycles. The number of nitrogens with one attached hydrogen (secondary N) is 1. The monoisotopic (exact) mass is 367 g/mol. The van der Waals surface area contributed by atoms with Crippen molar-refractivity contribution in [2.75, 3.05) is 5.43 Å². The number of aromatic hydroxyl groups is 2. The zero-order valence-electron chi connectivity index (χ0n) is 14.5. The van der Waals surface area contributed by atoms with Gasteiger partial charge in [0.25, 0.3) is 0 Å². The zero-order valence-corrected chi connectivity index (χ0v) is 15.3. The second-order valence-corrected chi connectivity index (χ2v) is 6.66. The van der Waals surface area contributed by atoms with E-state index in [0.29, 0.717) is 17.7 Å². The Morgan fingerprint density at radius 2 is 1.96 bits per heavy atom. The number of hydrogen-bond donors (Lipinski definition) is 3. The third-order valence-electron chi connectivity index (χ3n) is 3.95. The van der Waals surface area contributed by atoms with Gasteiger partial charge in [0.1, 0.15) is 11.5 Å². The van der Waals surface area contributed by atoms with Crippen LogP contribution in [-0.4, -0.2) is 20.9 Å². The molecule has 0 aliphatic rings. The van der Waals surface area contributed by atoms with Crippen LogP contribution in [0, 0.1) is 0 Å². The van der Waals surface area contributed by atoms with Crippen molar-refractivity contribution < 1.29 is 10.2 Å². The average Bonchev–Trinajstić information content (AvgIpc) is 3.15. The first-order valence-electron chi connectivity index (χ1n) is 8.47. The molecule has 0 fully saturated rings. The summed E-state index contributed by atoms with van der Waals surface area (Å²) in [7, 11) is 0. The third kappa shape index (κ3) is 4.40.